The summed E-state index contributed by atoms with van der Waals surface area (Å²) in [6.07, 6.45) is 51.9. The first-order valence-corrected chi connectivity index (χ1v) is 40.1. The van der Waals surface area contributed by atoms with Gasteiger partial charge >= 0.3 is 39.5 Å². The fraction of sp³-hybridized carbons (Fsp3) is 0.944. The third-order valence-corrected chi connectivity index (χ3v) is 18.4. The maximum Gasteiger partial charge on any atom is 0.472 e. The number of aliphatic hydroxyl groups is 1. The highest BCUT2D eigenvalue weighted by atomic mass is 31.2. The Labute approximate surface area is 549 Å². The van der Waals surface area contributed by atoms with Crippen molar-refractivity contribution in [2.24, 2.45) is 5.92 Å². The molecule has 0 bridgehead atoms. The molecule has 0 aromatic heterocycles. The maximum atomic E-state index is 13.0. The minimum atomic E-state index is -4.95. The third-order valence-electron chi connectivity index (χ3n) is 16.5. The van der Waals surface area contributed by atoms with Crippen LogP contribution in [0.1, 0.15) is 369 Å². The summed E-state index contributed by atoms with van der Waals surface area (Å²) >= 11 is 0. The molecule has 0 aliphatic carbocycles. The molecule has 0 fully saturated rings. The topological polar surface area (TPSA) is 237 Å². The van der Waals surface area contributed by atoms with Gasteiger partial charge in [0.05, 0.1) is 26.4 Å². The van der Waals surface area contributed by atoms with Gasteiger partial charge in [0.2, 0.25) is 0 Å². The monoisotopic (exact) mass is 1320 g/mol. The summed E-state index contributed by atoms with van der Waals surface area (Å²) in [4.78, 5) is 72.2. The van der Waals surface area contributed by atoms with E-state index in [1.165, 1.54) is 186 Å². The summed E-state index contributed by atoms with van der Waals surface area (Å²) in [6, 6.07) is 0. The Bertz CT molecular complexity index is 1740. The Morgan fingerprint density at radius 3 is 0.756 bits per heavy atom. The van der Waals surface area contributed by atoms with Crippen molar-refractivity contribution < 1.29 is 80.2 Å². The molecule has 0 radical (unpaired) electrons. The predicted molar refractivity (Wildman–Crippen MR) is 363 cm³/mol. The first kappa shape index (κ1) is 88.1. The fourth-order valence-electron chi connectivity index (χ4n) is 10.8. The average Bonchev–Trinajstić information content (AvgIpc) is 3.57. The van der Waals surface area contributed by atoms with Crippen LogP contribution in [0.3, 0.4) is 0 Å². The molecule has 0 saturated carbocycles. The van der Waals surface area contributed by atoms with Crippen molar-refractivity contribution in [3.05, 3.63) is 0 Å². The van der Waals surface area contributed by atoms with E-state index >= 15 is 0 Å². The SMILES string of the molecule is CCCCCCCCCCCCCCCCCCCCCCCC(=O)O[C@H](COC(=O)CCCCCCCCCCCCCC(C)C)COP(=O)(O)OC[C@@H](O)COP(=O)(O)OC[C@@H](COC(=O)CCCCCCC)OC(=O)CCCCCCCCCCCC. The first-order valence-electron chi connectivity index (χ1n) is 37.1. The summed E-state index contributed by atoms with van der Waals surface area (Å²) in [7, 11) is -9.89. The lowest BCUT2D eigenvalue weighted by atomic mass is 10.0. The number of unbranched alkanes of at least 4 members (excludes halogenated alkanes) is 43. The van der Waals surface area contributed by atoms with Crippen LogP contribution in [0.4, 0.5) is 0 Å². The Balaban J connectivity index is 5.11. The number of carbonyl (C=O) groups is 4. The highest BCUT2D eigenvalue weighted by Crippen LogP contribution is 2.45. The molecule has 3 N–H and O–H groups in total. The van der Waals surface area contributed by atoms with Crippen molar-refractivity contribution in [2.75, 3.05) is 39.6 Å². The van der Waals surface area contributed by atoms with Crippen molar-refractivity contribution >= 4 is 39.5 Å². The molecule has 0 aromatic rings. The normalized spacial score (nSPS) is 14.1. The first-order chi connectivity index (χ1) is 43.5. The molecule has 90 heavy (non-hydrogen) atoms. The van der Waals surface area contributed by atoms with Crippen LogP contribution in [0, 0.1) is 5.92 Å². The number of hydrogen-bond donors (Lipinski definition) is 3. The second-order valence-corrected chi connectivity index (χ2v) is 29.0. The Morgan fingerprint density at radius 2 is 0.511 bits per heavy atom. The van der Waals surface area contributed by atoms with Gasteiger partial charge in [-0.05, 0) is 31.6 Å². The van der Waals surface area contributed by atoms with Gasteiger partial charge in [-0.3, -0.25) is 37.3 Å². The van der Waals surface area contributed by atoms with E-state index in [2.05, 4.69) is 34.6 Å². The predicted octanol–water partition coefficient (Wildman–Crippen LogP) is 20.5. The van der Waals surface area contributed by atoms with Gasteiger partial charge in [0.1, 0.15) is 19.3 Å². The van der Waals surface area contributed by atoms with Crippen LogP contribution in [0.2, 0.25) is 0 Å². The highest BCUT2D eigenvalue weighted by molar-refractivity contribution is 7.47. The van der Waals surface area contributed by atoms with Crippen LogP contribution in [0.5, 0.6) is 0 Å². The standard InChI is InChI=1S/C71H138O17P2/c1-6-9-12-15-17-19-21-22-23-24-25-26-27-28-29-30-33-38-42-47-52-57-71(76)88-67(61-82-69(74)55-50-45-40-37-34-31-32-35-39-44-48-53-64(4)5)63-86-90(79,80)84-59-65(72)58-83-89(77,78)85-62-66(60-81-68(73)54-49-43-14-11-8-3)87-70(75)56-51-46-41-36-20-18-16-13-10-7-2/h64-67,72H,6-63H2,1-5H3,(H,77,78)(H,79,80)/t65-,66+,67+/m0/s1. The molecule has 0 spiro atoms. The molecular weight excluding hydrogens is 1190 g/mol. The quantitative estimate of drug-likeness (QED) is 0.0222. The minimum Gasteiger partial charge on any atom is -0.462 e. The molecule has 17 nitrogen and oxygen atoms in total. The molecule has 5 atom stereocenters. The van der Waals surface area contributed by atoms with Gasteiger partial charge in [0, 0.05) is 25.7 Å². The van der Waals surface area contributed by atoms with Crippen LogP contribution in [-0.4, -0.2) is 96.7 Å². The van der Waals surface area contributed by atoms with Gasteiger partial charge in [-0.15, -0.1) is 0 Å². The highest BCUT2D eigenvalue weighted by Gasteiger charge is 2.30. The van der Waals surface area contributed by atoms with E-state index in [1.54, 1.807) is 0 Å². The number of aliphatic hydroxyl groups excluding tert-OH is 1. The van der Waals surface area contributed by atoms with Gasteiger partial charge in [-0.25, -0.2) is 9.13 Å². The summed E-state index contributed by atoms with van der Waals surface area (Å²) in [5.74, 6) is -1.36. The number of phosphoric acid groups is 2. The van der Waals surface area contributed by atoms with Gasteiger partial charge in [0.25, 0.3) is 0 Å². The van der Waals surface area contributed by atoms with Crippen LogP contribution >= 0.6 is 15.6 Å². The largest absolute Gasteiger partial charge is 0.472 e. The van der Waals surface area contributed by atoms with Crippen LogP contribution in [0.25, 0.3) is 0 Å². The number of ether oxygens (including phenoxy) is 4. The summed E-state index contributed by atoms with van der Waals surface area (Å²) in [5.41, 5.74) is 0. The van der Waals surface area contributed by atoms with Crippen LogP contribution < -0.4 is 0 Å². The smallest absolute Gasteiger partial charge is 0.462 e. The average molecular weight is 1330 g/mol. The summed E-state index contributed by atoms with van der Waals surface area (Å²) in [5, 5.41) is 10.6. The number of esters is 4. The lowest BCUT2D eigenvalue weighted by Gasteiger charge is -2.21. The van der Waals surface area contributed by atoms with Crippen molar-refractivity contribution in [2.45, 2.75) is 387 Å². The molecule has 0 aromatic carbocycles. The number of phosphoric ester groups is 2. The van der Waals surface area contributed by atoms with Gasteiger partial charge in [0.15, 0.2) is 12.2 Å². The zero-order chi connectivity index (χ0) is 66.3. The second kappa shape index (κ2) is 64.4. The molecule has 0 heterocycles. The second-order valence-electron chi connectivity index (χ2n) is 26.1. The van der Waals surface area contributed by atoms with Crippen molar-refractivity contribution in [3.63, 3.8) is 0 Å². The summed E-state index contributed by atoms with van der Waals surface area (Å²) in [6.45, 7) is 7.15. The van der Waals surface area contributed by atoms with E-state index in [4.69, 9.17) is 37.0 Å². The van der Waals surface area contributed by atoms with E-state index in [9.17, 15) is 43.2 Å². The van der Waals surface area contributed by atoms with Gasteiger partial charge in [-0.2, -0.15) is 0 Å². The van der Waals surface area contributed by atoms with Gasteiger partial charge < -0.3 is 33.8 Å². The van der Waals surface area contributed by atoms with E-state index in [-0.39, 0.29) is 25.7 Å². The molecule has 0 amide bonds. The number of hydrogen-bond acceptors (Lipinski definition) is 15. The third kappa shape index (κ3) is 64.8. The van der Waals surface area contributed by atoms with Crippen LogP contribution in [0.15, 0.2) is 0 Å². The van der Waals surface area contributed by atoms with E-state index in [1.807, 2.05) is 0 Å². The maximum absolute atomic E-state index is 13.0. The molecule has 2 unspecified atom stereocenters. The van der Waals surface area contributed by atoms with Crippen molar-refractivity contribution in [3.8, 4) is 0 Å². The molecule has 19 heteroatoms. The summed E-state index contributed by atoms with van der Waals surface area (Å²) < 4.78 is 68.0. The Morgan fingerprint density at radius 1 is 0.300 bits per heavy atom. The van der Waals surface area contributed by atoms with Crippen LogP contribution in [-0.2, 0) is 65.4 Å². The lowest BCUT2D eigenvalue weighted by molar-refractivity contribution is -0.161. The Kier molecular flexibility index (Phi) is 63.0. The lowest BCUT2D eigenvalue weighted by Crippen LogP contribution is -2.30. The molecule has 0 aliphatic heterocycles. The zero-order valence-electron chi connectivity index (χ0n) is 58.3. The number of carbonyl (C=O) groups excluding carboxylic acids is 4. The molecular formula is C71H138O17P2. The van der Waals surface area contributed by atoms with Crippen molar-refractivity contribution in [1.29, 1.82) is 0 Å². The van der Waals surface area contributed by atoms with E-state index in [0.717, 1.165) is 102 Å². The zero-order valence-corrected chi connectivity index (χ0v) is 60.1. The minimum absolute atomic E-state index is 0.106. The van der Waals surface area contributed by atoms with Crippen molar-refractivity contribution in [1.82, 2.24) is 0 Å². The molecule has 534 valence electrons. The van der Waals surface area contributed by atoms with E-state index < -0.39 is 97.5 Å². The van der Waals surface area contributed by atoms with E-state index in [0.29, 0.717) is 25.7 Å². The fourth-order valence-corrected chi connectivity index (χ4v) is 12.4. The Hall–Kier alpha value is -1.94. The number of rotatable bonds is 71. The van der Waals surface area contributed by atoms with Gasteiger partial charge in [-0.1, -0.05) is 317 Å². The molecule has 0 saturated heterocycles. The molecule has 0 aliphatic rings. The molecule has 0 rings (SSSR count).